The summed E-state index contributed by atoms with van der Waals surface area (Å²) in [5.41, 5.74) is -1.75. The van der Waals surface area contributed by atoms with Gasteiger partial charge in [0.25, 0.3) is 0 Å². The topological polar surface area (TPSA) is 40.5 Å². The van der Waals surface area contributed by atoms with Crippen LogP contribution in [0.15, 0.2) is 48.5 Å². The summed E-state index contributed by atoms with van der Waals surface area (Å²) in [5.74, 6) is 0.234. The molecule has 1 N–H and O–H groups in total. The van der Waals surface area contributed by atoms with E-state index in [0.717, 1.165) is 24.1 Å². The lowest BCUT2D eigenvalue weighted by Gasteiger charge is -2.30. The van der Waals surface area contributed by atoms with Crippen LogP contribution < -0.4 is 4.90 Å². The van der Waals surface area contributed by atoms with Gasteiger partial charge in [-0.3, -0.25) is 4.79 Å². The van der Waals surface area contributed by atoms with Crippen LogP contribution in [0.5, 0.6) is 0 Å². The number of alkyl halides is 3. The Kier molecular flexibility index (Phi) is 3.55. The van der Waals surface area contributed by atoms with Crippen LogP contribution in [0.2, 0.25) is 0 Å². The van der Waals surface area contributed by atoms with E-state index in [4.69, 9.17) is 0 Å². The normalized spacial score (nSPS) is 29.6. The Bertz CT molecular complexity index is 968. The Labute approximate surface area is 160 Å². The van der Waals surface area contributed by atoms with Crippen LogP contribution in [0.1, 0.15) is 48.3 Å². The van der Waals surface area contributed by atoms with Gasteiger partial charge in [-0.15, -0.1) is 0 Å². The Morgan fingerprint density at radius 3 is 2.32 bits per heavy atom. The zero-order valence-electron chi connectivity index (χ0n) is 15.2. The van der Waals surface area contributed by atoms with Crippen molar-refractivity contribution in [2.75, 3.05) is 11.4 Å². The molecule has 2 aromatic rings. The molecule has 5 rings (SSSR count). The lowest BCUT2D eigenvalue weighted by atomic mass is 9.80. The smallest absolute Gasteiger partial charge is 0.376 e. The van der Waals surface area contributed by atoms with E-state index < -0.39 is 23.6 Å². The first-order valence-electron chi connectivity index (χ1n) is 9.54. The van der Waals surface area contributed by atoms with Crippen LogP contribution in [-0.2, 0) is 15.8 Å². The Balaban J connectivity index is 1.59. The minimum absolute atomic E-state index is 0.0264. The zero-order valence-corrected chi connectivity index (χ0v) is 15.2. The minimum atomic E-state index is -4.80. The number of fused-ring (bicyclic) bond motifs is 2. The standard InChI is InChI=1S/C22H20F3NO2/c23-22(24,25)21(28)12-20(16-6-2-3-7-17(16)21)11-19(27)26(13-20)18-8-4-1-5-15(18)14-9-10-14/h1-8,14,28H,9-13H2. The Morgan fingerprint density at radius 2 is 1.64 bits per heavy atom. The first kappa shape index (κ1) is 17.7. The van der Waals surface area contributed by atoms with E-state index in [1.54, 1.807) is 17.0 Å². The third-order valence-electron chi connectivity index (χ3n) is 6.50. The van der Waals surface area contributed by atoms with Crippen LogP contribution in [0.25, 0.3) is 0 Å². The fourth-order valence-corrected chi connectivity index (χ4v) is 5.06. The molecule has 1 aliphatic heterocycles. The molecular formula is C22H20F3NO2. The number of nitrogens with zero attached hydrogens (tertiary/aromatic N) is 1. The summed E-state index contributed by atoms with van der Waals surface area (Å²) in [6.45, 7) is 0.158. The van der Waals surface area contributed by atoms with E-state index >= 15 is 0 Å². The van der Waals surface area contributed by atoms with Gasteiger partial charge in [-0.2, -0.15) is 13.2 Å². The van der Waals surface area contributed by atoms with Crippen LogP contribution in [0.4, 0.5) is 18.9 Å². The summed E-state index contributed by atoms with van der Waals surface area (Å²) in [5, 5.41) is 10.6. The van der Waals surface area contributed by atoms with Crippen molar-refractivity contribution in [1.29, 1.82) is 0 Å². The molecule has 3 nitrogen and oxygen atoms in total. The maximum Gasteiger partial charge on any atom is 0.421 e. The number of anilines is 1. The van der Waals surface area contributed by atoms with E-state index in [2.05, 4.69) is 0 Å². The molecule has 0 aromatic heterocycles. The van der Waals surface area contributed by atoms with Gasteiger partial charge in [0, 0.05) is 30.5 Å². The van der Waals surface area contributed by atoms with Crippen molar-refractivity contribution in [2.24, 2.45) is 0 Å². The zero-order chi connectivity index (χ0) is 19.7. The fourth-order valence-electron chi connectivity index (χ4n) is 5.06. The molecule has 0 radical (unpaired) electrons. The van der Waals surface area contributed by atoms with Crippen LogP contribution in [0.3, 0.4) is 0 Å². The fraction of sp³-hybridized carbons (Fsp3) is 0.409. The average Bonchev–Trinajstić information content (AvgIpc) is 3.40. The molecular weight excluding hydrogens is 367 g/mol. The number of hydrogen-bond donors (Lipinski definition) is 1. The summed E-state index contributed by atoms with van der Waals surface area (Å²) >= 11 is 0. The molecule has 2 atom stereocenters. The third-order valence-corrected chi connectivity index (χ3v) is 6.50. The molecule has 28 heavy (non-hydrogen) atoms. The Hall–Kier alpha value is -2.34. The molecule has 3 aliphatic rings. The van der Waals surface area contributed by atoms with Gasteiger partial charge in [-0.1, -0.05) is 42.5 Å². The van der Waals surface area contributed by atoms with Crippen molar-refractivity contribution in [3.8, 4) is 0 Å². The van der Waals surface area contributed by atoms with Crippen molar-refractivity contribution in [3.05, 3.63) is 65.2 Å². The average molecular weight is 387 g/mol. The molecule has 1 heterocycles. The molecule has 0 bridgehead atoms. The van der Waals surface area contributed by atoms with E-state index in [1.165, 1.54) is 12.1 Å². The van der Waals surface area contributed by atoms with Crippen molar-refractivity contribution >= 4 is 11.6 Å². The SMILES string of the molecule is O=C1CC2(CN1c1ccccc1C1CC1)CC(O)(C(F)(F)F)c1ccccc12. The highest BCUT2D eigenvalue weighted by atomic mass is 19.4. The summed E-state index contributed by atoms with van der Waals surface area (Å²) in [4.78, 5) is 14.6. The van der Waals surface area contributed by atoms with Crippen molar-refractivity contribution < 1.29 is 23.1 Å². The molecule has 1 amide bonds. The third kappa shape index (κ3) is 2.37. The number of halogens is 3. The van der Waals surface area contributed by atoms with Crippen molar-refractivity contribution in [2.45, 2.75) is 48.8 Å². The number of rotatable bonds is 2. The Morgan fingerprint density at radius 1 is 1.00 bits per heavy atom. The van der Waals surface area contributed by atoms with Crippen LogP contribution in [0, 0.1) is 0 Å². The first-order valence-corrected chi connectivity index (χ1v) is 9.54. The largest absolute Gasteiger partial charge is 0.421 e. The van der Waals surface area contributed by atoms with Gasteiger partial charge >= 0.3 is 6.18 Å². The lowest BCUT2D eigenvalue weighted by molar-refractivity contribution is -0.268. The molecule has 2 aliphatic carbocycles. The monoisotopic (exact) mass is 387 g/mol. The quantitative estimate of drug-likeness (QED) is 0.830. The van der Waals surface area contributed by atoms with E-state index in [9.17, 15) is 23.1 Å². The number of amides is 1. The van der Waals surface area contributed by atoms with Gasteiger partial charge in [0.15, 0.2) is 5.60 Å². The van der Waals surface area contributed by atoms with E-state index in [-0.39, 0.29) is 24.4 Å². The summed E-state index contributed by atoms with van der Waals surface area (Å²) in [6, 6.07) is 13.8. The molecule has 2 unspecified atom stereocenters. The summed E-state index contributed by atoms with van der Waals surface area (Å²) in [6.07, 6.45) is -3.20. The molecule has 2 aromatic carbocycles. The van der Waals surface area contributed by atoms with Crippen molar-refractivity contribution in [3.63, 3.8) is 0 Å². The molecule has 6 heteroatoms. The van der Waals surface area contributed by atoms with Gasteiger partial charge in [-0.05, 0) is 41.5 Å². The highest BCUT2D eigenvalue weighted by Gasteiger charge is 2.66. The van der Waals surface area contributed by atoms with Crippen LogP contribution in [-0.4, -0.2) is 23.7 Å². The summed E-state index contributed by atoms with van der Waals surface area (Å²) < 4.78 is 41.4. The summed E-state index contributed by atoms with van der Waals surface area (Å²) in [7, 11) is 0. The van der Waals surface area contributed by atoms with Crippen LogP contribution >= 0.6 is 0 Å². The van der Waals surface area contributed by atoms with Gasteiger partial charge < -0.3 is 10.0 Å². The molecule has 146 valence electrons. The minimum Gasteiger partial charge on any atom is -0.376 e. The van der Waals surface area contributed by atoms with Gasteiger partial charge in [0.2, 0.25) is 5.91 Å². The lowest BCUT2D eigenvalue weighted by Crippen LogP contribution is -2.42. The highest BCUT2D eigenvalue weighted by molar-refractivity contribution is 5.98. The number of carbonyl (C=O) groups is 1. The number of carbonyl (C=O) groups excluding carboxylic acids is 1. The predicted octanol–water partition coefficient (Wildman–Crippen LogP) is 4.39. The molecule has 1 saturated carbocycles. The highest BCUT2D eigenvalue weighted by Crippen LogP contribution is 2.59. The number of aliphatic hydroxyl groups is 1. The molecule has 1 spiro atoms. The second-order valence-electron chi connectivity index (χ2n) is 8.35. The van der Waals surface area contributed by atoms with E-state index in [0.29, 0.717) is 11.5 Å². The maximum atomic E-state index is 13.8. The number of para-hydroxylation sites is 1. The molecule has 1 saturated heterocycles. The van der Waals surface area contributed by atoms with E-state index in [1.807, 2.05) is 24.3 Å². The number of hydrogen-bond acceptors (Lipinski definition) is 2. The van der Waals surface area contributed by atoms with Gasteiger partial charge in [0.05, 0.1) is 0 Å². The molecule has 2 fully saturated rings. The van der Waals surface area contributed by atoms with Gasteiger partial charge in [-0.25, -0.2) is 0 Å². The second-order valence-corrected chi connectivity index (χ2v) is 8.35. The maximum absolute atomic E-state index is 13.8. The first-order chi connectivity index (χ1) is 13.3. The predicted molar refractivity (Wildman–Crippen MR) is 98.1 cm³/mol. The van der Waals surface area contributed by atoms with Gasteiger partial charge in [0.1, 0.15) is 0 Å². The van der Waals surface area contributed by atoms with Crippen molar-refractivity contribution in [1.82, 2.24) is 0 Å². The number of benzene rings is 2. The second kappa shape index (κ2) is 5.60.